The van der Waals surface area contributed by atoms with Crippen molar-refractivity contribution < 1.29 is 8.78 Å². The van der Waals surface area contributed by atoms with Crippen LogP contribution < -0.4 is 4.31 Å². The van der Waals surface area contributed by atoms with Gasteiger partial charge in [-0.15, -0.1) is 0 Å². The maximum atomic E-state index is 14.9. The molecule has 0 unspecified atom stereocenters. The van der Waals surface area contributed by atoms with Crippen LogP contribution in [0.25, 0.3) is 10.9 Å². The molecule has 0 saturated heterocycles. The minimum atomic E-state index is -2.91. The molecule has 0 aliphatic carbocycles. The molecular formula is C19H16F2N2S. The zero-order valence-corrected chi connectivity index (χ0v) is 14.1. The lowest BCUT2D eigenvalue weighted by molar-refractivity contribution is -0.0354. The van der Waals surface area contributed by atoms with Gasteiger partial charge in [-0.2, -0.15) is 8.78 Å². The SMILES string of the molecule is CC1(C)SN(c2cnc3ccccc3c2)c2ccccc2C1(F)F. The van der Waals surface area contributed by atoms with Crippen LogP contribution in [0.15, 0.2) is 60.8 Å². The van der Waals surface area contributed by atoms with Gasteiger partial charge in [0.2, 0.25) is 0 Å². The number of benzene rings is 2. The Labute approximate surface area is 143 Å². The predicted molar refractivity (Wildman–Crippen MR) is 95.9 cm³/mol. The Morgan fingerprint density at radius 1 is 1.00 bits per heavy atom. The molecule has 4 rings (SSSR count). The van der Waals surface area contributed by atoms with Crippen LogP contribution in [0.5, 0.6) is 0 Å². The van der Waals surface area contributed by atoms with Gasteiger partial charge < -0.3 is 0 Å². The molecule has 1 aliphatic heterocycles. The molecular weight excluding hydrogens is 326 g/mol. The maximum absolute atomic E-state index is 14.9. The van der Waals surface area contributed by atoms with Gasteiger partial charge in [0.25, 0.3) is 5.92 Å². The molecule has 122 valence electrons. The zero-order valence-electron chi connectivity index (χ0n) is 13.3. The van der Waals surface area contributed by atoms with Crippen molar-refractivity contribution in [1.29, 1.82) is 0 Å². The first-order valence-electron chi connectivity index (χ1n) is 7.71. The van der Waals surface area contributed by atoms with Gasteiger partial charge in [-0.05, 0) is 44.0 Å². The highest BCUT2D eigenvalue weighted by molar-refractivity contribution is 8.02. The summed E-state index contributed by atoms with van der Waals surface area (Å²) in [6, 6.07) is 16.5. The monoisotopic (exact) mass is 342 g/mol. The molecule has 0 N–H and O–H groups in total. The number of pyridine rings is 1. The predicted octanol–water partition coefficient (Wildman–Crippen LogP) is 5.91. The average molecular weight is 342 g/mol. The molecule has 1 aromatic heterocycles. The fourth-order valence-corrected chi connectivity index (χ4v) is 4.08. The molecule has 0 saturated carbocycles. The van der Waals surface area contributed by atoms with Crippen molar-refractivity contribution in [2.24, 2.45) is 0 Å². The van der Waals surface area contributed by atoms with E-state index in [4.69, 9.17) is 0 Å². The molecule has 2 nitrogen and oxygen atoms in total. The zero-order chi connectivity index (χ0) is 16.9. The number of nitrogens with zero attached hydrogens (tertiary/aromatic N) is 2. The van der Waals surface area contributed by atoms with Gasteiger partial charge in [0.1, 0.15) is 0 Å². The van der Waals surface area contributed by atoms with Crippen LogP contribution in [0, 0.1) is 0 Å². The van der Waals surface area contributed by atoms with Gasteiger partial charge in [0.05, 0.1) is 27.8 Å². The Bertz CT molecular complexity index is 924. The third kappa shape index (κ3) is 2.18. The topological polar surface area (TPSA) is 16.1 Å². The summed E-state index contributed by atoms with van der Waals surface area (Å²) in [5, 5.41) is 0.989. The van der Waals surface area contributed by atoms with E-state index in [0.29, 0.717) is 5.69 Å². The fraction of sp³-hybridized carbons (Fsp3) is 0.211. The van der Waals surface area contributed by atoms with E-state index in [1.807, 2.05) is 34.6 Å². The first kappa shape index (κ1) is 15.4. The van der Waals surface area contributed by atoms with Crippen molar-refractivity contribution in [3.63, 3.8) is 0 Å². The molecule has 3 aromatic rings. The van der Waals surface area contributed by atoms with Gasteiger partial charge in [0, 0.05) is 10.9 Å². The summed E-state index contributed by atoms with van der Waals surface area (Å²) in [7, 11) is 0. The molecule has 0 amide bonds. The summed E-state index contributed by atoms with van der Waals surface area (Å²) in [6.07, 6.45) is 1.74. The van der Waals surface area contributed by atoms with E-state index in [-0.39, 0.29) is 5.56 Å². The van der Waals surface area contributed by atoms with Crippen LogP contribution in [0.3, 0.4) is 0 Å². The third-order valence-electron chi connectivity index (χ3n) is 4.35. The number of aromatic nitrogens is 1. The van der Waals surface area contributed by atoms with Crippen LogP contribution in [0.4, 0.5) is 20.2 Å². The van der Waals surface area contributed by atoms with E-state index in [9.17, 15) is 8.78 Å². The van der Waals surface area contributed by atoms with E-state index < -0.39 is 10.7 Å². The van der Waals surface area contributed by atoms with Crippen molar-refractivity contribution in [1.82, 2.24) is 4.98 Å². The average Bonchev–Trinajstić information content (AvgIpc) is 2.58. The summed E-state index contributed by atoms with van der Waals surface area (Å²) >= 11 is 1.14. The van der Waals surface area contributed by atoms with Crippen LogP contribution in [-0.4, -0.2) is 9.73 Å². The number of hydrogen-bond donors (Lipinski definition) is 0. The quantitative estimate of drug-likeness (QED) is 0.512. The van der Waals surface area contributed by atoms with E-state index >= 15 is 0 Å². The Hall–Kier alpha value is -2.14. The van der Waals surface area contributed by atoms with Crippen molar-refractivity contribution in [3.8, 4) is 0 Å². The number of anilines is 2. The highest BCUT2D eigenvalue weighted by atomic mass is 32.2. The number of fused-ring (bicyclic) bond motifs is 2. The van der Waals surface area contributed by atoms with E-state index in [2.05, 4.69) is 4.98 Å². The molecule has 0 spiro atoms. The summed E-state index contributed by atoms with van der Waals surface area (Å²) in [5.41, 5.74) is 2.27. The second-order valence-corrected chi connectivity index (χ2v) is 7.94. The number of halogens is 2. The van der Waals surface area contributed by atoms with Crippen molar-refractivity contribution in [2.45, 2.75) is 24.5 Å². The number of hydrogen-bond acceptors (Lipinski definition) is 3. The second-order valence-electron chi connectivity index (χ2n) is 6.37. The molecule has 2 heterocycles. The first-order valence-corrected chi connectivity index (χ1v) is 8.49. The van der Waals surface area contributed by atoms with Gasteiger partial charge in [-0.25, -0.2) is 0 Å². The molecule has 0 fully saturated rings. The molecule has 0 atom stereocenters. The van der Waals surface area contributed by atoms with Crippen LogP contribution in [0.1, 0.15) is 19.4 Å². The molecule has 0 radical (unpaired) electrons. The molecule has 5 heteroatoms. The largest absolute Gasteiger partial charge is 0.290 e. The van der Waals surface area contributed by atoms with Crippen molar-refractivity contribution >= 4 is 34.2 Å². The van der Waals surface area contributed by atoms with Crippen molar-refractivity contribution in [2.75, 3.05) is 4.31 Å². The smallest absolute Gasteiger partial charge is 0.282 e. The minimum Gasteiger partial charge on any atom is -0.282 e. The van der Waals surface area contributed by atoms with Gasteiger partial charge >= 0.3 is 0 Å². The number of para-hydroxylation sites is 2. The van der Waals surface area contributed by atoms with Gasteiger partial charge in [0.15, 0.2) is 0 Å². The Kier molecular flexibility index (Phi) is 3.32. The fourth-order valence-electron chi connectivity index (χ4n) is 2.94. The first-order chi connectivity index (χ1) is 11.4. The molecule has 24 heavy (non-hydrogen) atoms. The molecule has 1 aliphatic rings. The second kappa shape index (κ2) is 5.18. The standard InChI is InChI=1S/C19H16F2N2S/c1-18(2)19(20,21)15-8-4-6-10-17(15)23(24-18)14-11-13-7-3-5-9-16(13)22-12-14/h3-12H,1-2H3. The van der Waals surface area contributed by atoms with Crippen LogP contribution >= 0.6 is 11.9 Å². The number of alkyl halides is 2. The normalized spacial score (nSPS) is 18.4. The Morgan fingerprint density at radius 3 is 2.54 bits per heavy atom. The van der Waals surface area contributed by atoms with E-state index in [1.165, 1.54) is 6.07 Å². The molecule has 2 aromatic carbocycles. The Morgan fingerprint density at radius 2 is 1.71 bits per heavy atom. The highest BCUT2D eigenvalue weighted by Crippen LogP contribution is 2.58. The lowest BCUT2D eigenvalue weighted by Crippen LogP contribution is -2.44. The molecule has 0 bridgehead atoms. The number of rotatable bonds is 1. The van der Waals surface area contributed by atoms with Crippen LogP contribution in [0.2, 0.25) is 0 Å². The summed E-state index contributed by atoms with van der Waals surface area (Å²) in [6.45, 7) is 3.16. The van der Waals surface area contributed by atoms with Crippen LogP contribution in [-0.2, 0) is 5.92 Å². The minimum absolute atomic E-state index is 0.0573. The summed E-state index contributed by atoms with van der Waals surface area (Å²) in [4.78, 5) is 4.47. The lowest BCUT2D eigenvalue weighted by atomic mass is 9.95. The Balaban J connectivity index is 1.91. The van der Waals surface area contributed by atoms with Crippen molar-refractivity contribution in [3.05, 3.63) is 66.4 Å². The van der Waals surface area contributed by atoms with Gasteiger partial charge in [-0.1, -0.05) is 36.4 Å². The lowest BCUT2D eigenvalue weighted by Gasteiger charge is -2.44. The summed E-state index contributed by atoms with van der Waals surface area (Å²) < 4.78 is 30.3. The third-order valence-corrected chi connectivity index (χ3v) is 5.65. The van der Waals surface area contributed by atoms with E-state index in [0.717, 1.165) is 28.5 Å². The van der Waals surface area contributed by atoms with E-state index in [1.54, 1.807) is 38.2 Å². The van der Waals surface area contributed by atoms with Gasteiger partial charge in [-0.3, -0.25) is 9.29 Å². The summed E-state index contributed by atoms with van der Waals surface area (Å²) in [5.74, 6) is -2.91. The maximum Gasteiger partial charge on any atom is 0.290 e. The highest BCUT2D eigenvalue weighted by Gasteiger charge is 2.55.